The molecule has 0 aromatic heterocycles. The molecule has 0 fully saturated rings. The zero-order valence-electron chi connectivity index (χ0n) is 28.1. The molecule has 3 aromatic carbocycles. The summed E-state index contributed by atoms with van der Waals surface area (Å²) in [6, 6.07) is 19.1. The average molecular weight is 670 g/mol. The van der Waals surface area contributed by atoms with Crippen molar-refractivity contribution in [2.45, 2.75) is 57.2 Å². The molecule has 2 heterocycles. The number of methoxy groups -OCH3 is 2. The van der Waals surface area contributed by atoms with Gasteiger partial charge in [-0.25, -0.2) is 0 Å². The van der Waals surface area contributed by atoms with E-state index < -0.39 is 17.4 Å². The molecule has 0 bridgehead atoms. The van der Waals surface area contributed by atoms with E-state index in [-0.39, 0.29) is 49.8 Å². The number of amides is 3. The molecule has 11 nitrogen and oxygen atoms in total. The average Bonchev–Trinajstić information content (AvgIpc) is 3.34. The van der Waals surface area contributed by atoms with Crippen LogP contribution in [0.1, 0.15) is 59.7 Å². The van der Waals surface area contributed by atoms with Gasteiger partial charge in [0, 0.05) is 48.7 Å². The number of hydrogen-bond acceptors (Lipinski definition) is 8. The maximum atomic E-state index is 14.0. The van der Waals surface area contributed by atoms with Gasteiger partial charge in [-0.1, -0.05) is 43.3 Å². The number of unbranched alkanes of at least 4 members (excludes halogenated alkanes) is 1. The number of ether oxygens (including phenoxy) is 2. The van der Waals surface area contributed by atoms with Gasteiger partial charge in [-0.05, 0) is 72.9 Å². The molecule has 0 aliphatic carbocycles. The number of hydrogen-bond donors (Lipinski definition) is 3. The van der Waals surface area contributed by atoms with Crippen LogP contribution >= 0.6 is 0 Å². The van der Waals surface area contributed by atoms with Crippen molar-refractivity contribution in [3.05, 3.63) is 101 Å². The first kappa shape index (κ1) is 35.3. The number of carbonyl (C=O) groups is 4. The summed E-state index contributed by atoms with van der Waals surface area (Å²) < 4.78 is 9.90. The van der Waals surface area contributed by atoms with Crippen molar-refractivity contribution in [3.8, 4) is 5.75 Å². The van der Waals surface area contributed by atoms with E-state index in [1.54, 1.807) is 73.6 Å². The quantitative estimate of drug-likeness (QED) is 0.138. The van der Waals surface area contributed by atoms with Crippen molar-refractivity contribution >= 4 is 35.1 Å². The number of anilines is 2. The molecule has 3 amide bonds. The molecule has 49 heavy (non-hydrogen) atoms. The highest BCUT2D eigenvalue weighted by atomic mass is 16.5. The van der Waals surface area contributed by atoms with Crippen molar-refractivity contribution in [1.82, 2.24) is 4.90 Å². The molecule has 3 atom stereocenters. The molecular formula is C38H43N3O8. The number of esters is 1. The minimum atomic E-state index is -1.99. The van der Waals surface area contributed by atoms with Gasteiger partial charge in [0.15, 0.2) is 5.60 Å². The van der Waals surface area contributed by atoms with Crippen molar-refractivity contribution in [3.63, 3.8) is 0 Å². The van der Waals surface area contributed by atoms with E-state index >= 15 is 0 Å². The van der Waals surface area contributed by atoms with E-state index in [9.17, 15) is 29.4 Å². The Hall–Kier alpha value is -5.00. The fraction of sp³-hybridized carbons (Fsp3) is 0.368. The maximum absolute atomic E-state index is 14.0. The van der Waals surface area contributed by atoms with Crippen molar-refractivity contribution in [2.75, 3.05) is 37.6 Å². The number of benzene rings is 3. The van der Waals surface area contributed by atoms with Gasteiger partial charge in [-0.2, -0.15) is 0 Å². The summed E-state index contributed by atoms with van der Waals surface area (Å²) in [5.41, 5.74) is 1.80. The first-order chi connectivity index (χ1) is 23.6. The lowest BCUT2D eigenvalue weighted by atomic mass is 9.82. The Balaban J connectivity index is 1.35. The largest absolute Gasteiger partial charge is 0.497 e. The third-order valence-electron chi connectivity index (χ3n) is 9.38. The van der Waals surface area contributed by atoms with Crippen LogP contribution in [0, 0.1) is 5.92 Å². The second-order valence-electron chi connectivity index (χ2n) is 12.4. The Morgan fingerprint density at radius 1 is 1.04 bits per heavy atom. The molecule has 2 aliphatic heterocycles. The Kier molecular flexibility index (Phi) is 11.2. The maximum Gasteiger partial charge on any atom is 0.305 e. The van der Waals surface area contributed by atoms with Crippen LogP contribution in [-0.2, 0) is 37.7 Å². The molecule has 0 saturated heterocycles. The normalized spacial score (nSPS) is 19.0. The van der Waals surface area contributed by atoms with Gasteiger partial charge in [-0.15, -0.1) is 0 Å². The molecule has 0 radical (unpaired) electrons. The molecule has 3 N–H and O–H groups in total. The van der Waals surface area contributed by atoms with Gasteiger partial charge in [0.1, 0.15) is 5.75 Å². The number of nitrogens with zero attached hydrogens (tertiary/aromatic N) is 2. The molecular weight excluding hydrogens is 626 g/mol. The predicted molar refractivity (Wildman–Crippen MR) is 184 cm³/mol. The lowest BCUT2D eigenvalue weighted by Crippen LogP contribution is -2.46. The Labute approximate surface area is 286 Å². The Morgan fingerprint density at radius 2 is 1.78 bits per heavy atom. The van der Waals surface area contributed by atoms with Crippen LogP contribution in [0.15, 0.2) is 78.9 Å². The fourth-order valence-electron chi connectivity index (χ4n) is 6.51. The van der Waals surface area contributed by atoms with E-state index in [4.69, 9.17) is 9.47 Å². The van der Waals surface area contributed by atoms with Crippen LogP contribution in [0.2, 0.25) is 0 Å². The van der Waals surface area contributed by atoms with Crippen molar-refractivity contribution < 1.29 is 38.9 Å². The van der Waals surface area contributed by atoms with E-state index in [1.165, 1.54) is 12.0 Å². The van der Waals surface area contributed by atoms with Crippen molar-refractivity contribution in [1.29, 1.82) is 0 Å². The smallest absolute Gasteiger partial charge is 0.305 e. The zero-order chi connectivity index (χ0) is 35.1. The topological polar surface area (TPSA) is 146 Å². The monoisotopic (exact) mass is 669 g/mol. The van der Waals surface area contributed by atoms with Gasteiger partial charge >= 0.3 is 5.97 Å². The zero-order valence-corrected chi connectivity index (χ0v) is 28.1. The van der Waals surface area contributed by atoms with Gasteiger partial charge in [0.05, 0.1) is 32.6 Å². The standard InChI is InChI=1S/C38H43N3O8/c1-25(9-8-12-34(43)41-23-28-11-5-4-10-27(28)21-30(41)24-42)38(47)32-22-29(39-36(45)26-14-17-31(48-2)18-15-26)16-19-33(32)40(37(38)46)20-7-6-13-35(44)49-3/h4-5,8-11,14-19,22,25,30,42,47H,6-7,12-13,20-21,23-24H2,1-3H3,(H,39,45)/b9-8+/t25-,30-,38+/m0/s1. The Bertz CT molecular complexity index is 1720. The summed E-state index contributed by atoms with van der Waals surface area (Å²) in [6.07, 6.45) is 5.10. The minimum Gasteiger partial charge on any atom is -0.497 e. The summed E-state index contributed by atoms with van der Waals surface area (Å²) in [7, 11) is 2.87. The van der Waals surface area contributed by atoms with Crippen LogP contribution in [0.4, 0.5) is 11.4 Å². The van der Waals surface area contributed by atoms with E-state index in [0.717, 1.165) is 11.1 Å². The summed E-state index contributed by atoms with van der Waals surface area (Å²) in [5, 5.41) is 25.1. The van der Waals surface area contributed by atoms with Crippen molar-refractivity contribution in [2.24, 2.45) is 5.92 Å². The second-order valence-corrected chi connectivity index (χ2v) is 12.4. The molecule has 0 saturated carbocycles. The third-order valence-corrected chi connectivity index (χ3v) is 9.38. The van der Waals surface area contributed by atoms with E-state index in [0.29, 0.717) is 54.1 Å². The number of nitrogens with one attached hydrogen (secondary N) is 1. The highest BCUT2D eigenvalue weighted by Gasteiger charge is 2.52. The molecule has 11 heteroatoms. The predicted octanol–water partition coefficient (Wildman–Crippen LogP) is 4.35. The van der Waals surface area contributed by atoms with Crippen LogP contribution < -0.4 is 15.0 Å². The molecule has 0 unspecified atom stereocenters. The highest BCUT2D eigenvalue weighted by molar-refractivity contribution is 6.09. The van der Waals surface area contributed by atoms with Crippen LogP contribution in [0.5, 0.6) is 5.75 Å². The van der Waals surface area contributed by atoms with E-state index in [1.807, 2.05) is 24.3 Å². The summed E-state index contributed by atoms with van der Waals surface area (Å²) >= 11 is 0. The lowest BCUT2D eigenvalue weighted by Gasteiger charge is -2.36. The second kappa shape index (κ2) is 15.5. The summed E-state index contributed by atoms with van der Waals surface area (Å²) in [4.78, 5) is 55.2. The van der Waals surface area contributed by atoms with Crippen LogP contribution in [0.3, 0.4) is 0 Å². The molecule has 258 valence electrons. The van der Waals surface area contributed by atoms with Gasteiger partial charge in [-0.3, -0.25) is 19.2 Å². The minimum absolute atomic E-state index is 0.0232. The number of rotatable bonds is 13. The number of fused-ring (bicyclic) bond motifs is 2. The summed E-state index contributed by atoms with van der Waals surface area (Å²) in [6.45, 7) is 2.21. The molecule has 0 spiro atoms. The van der Waals surface area contributed by atoms with E-state index in [2.05, 4.69) is 5.32 Å². The lowest BCUT2D eigenvalue weighted by molar-refractivity contribution is -0.140. The fourth-order valence-corrected chi connectivity index (χ4v) is 6.51. The highest BCUT2D eigenvalue weighted by Crippen LogP contribution is 2.46. The SMILES string of the molecule is COC(=O)CCCCN1C(=O)[C@@](O)([C@@H](C)/C=C/CC(=O)N2Cc3ccccc3C[C@H]2CO)c2cc(NC(=O)c3ccc(OC)cc3)ccc21. The number of aliphatic hydroxyl groups is 2. The molecule has 2 aliphatic rings. The number of carbonyl (C=O) groups excluding carboxylic acids is 4. The van der Waals surface area contributed by atoms with Gasteiger partial charge in [0.25, 0.3) is 11.8 Å². The third kappa shape index (κ3) is 7.53. The van der Waals surface area contributed by atoms with Gasteiger partial charge < -0.3 is 34.8 Å². The summed E-state index contributed by atoms with van der Waals surface area (Å²) in [5.74, 6) is -1.55. The van der Waals surface area contributed by atoms with Gasteiger partial charge in [0.2, 0.25) is 5.91 Å². The molecule has 3 aromatic rings. The van der Waals surface area contributed by atoms with Crippen LogP contribution in [-0.4, -0.2) is 72.2 Å². The van der Waals surface area contributed by atoms with Crippen LogP contribution in [0.25, 0.3) is 0 Å². The molecule has 5 rings (SSSR count). The first-order valence-electron chi connectivity index (χ1n) is 16.5. The Morgan fingerprint density at radius 3 is 2.47 bits per heavy atom. The first-order valence-corrected chi connectivity index (χ1v) is 16.5. The number of aliphatic hydroxyl groups excluding tert-OH is 1.